The molecule has 3 rings (SSSR count). The van der Waals surface area contributed by atoms with Crippen LogP contribution in [-0.4, -0.2) is 20.7 Å². The monoisotopic (exact) mass is 249 g/mol. The minimum Gasteiger partial charge on any atom is -0.288 e. The number of fused-ring (bicyclic) bond motifs is 1. The van der Waals surface area contributed by atoms with E-state index in [1.54, 1.807) is 6.07 Å². The summed E-state index contributed by atoms with van der Waals surface area (Å²) in [4.78, 5) is 24.4. The number of carbonyl (C=O) groups is 1. The quantitative estimate of drug-likeness (QED) is 0.655. The normalized spacial score (nSPS) is 10.6. The molecule has 0 radical (unpaired) electrons. The fourth-order valence-corrected chi connectivity index (χ4v) is 1.95. The highest BCUT2D eigenvalue weighted by Crippen LogP contribution is 2.17. The molecule has 4 nitrogen and oxygen atoms in total. The number of hydrogen-bond donors (Lipinski definition) is 0. The molecule has 0 aliphatic carbocycles. The second-order valence-corrected chi connectivity index (χ2v) is 4.32. The SMILES string of the molecule is Cc1ccc2cc(C(=O)c3cncnc3)ccc2n1. The molecule has 3 aromatic rings. The Morgan fingerprint density at radius 1 is 1.00 bits per heavy atom. The number of rotatable bonds is 2. The minimum atomic E-state index is -0.0805. The molecular formula is C15H11N3O. The van der Waals surface area contributed by atoms with E-state index in [9.17, 15) is 4.79 Å². The minimum absolute atomic E-state index is 0.0805. The molecule has 4 heteroatoms. The third-order valence-corrected chi connectivity index (χ3v) is 2.91. The van der Waals surface area contributed by atoms with Gasteiger partial charge in [-0.15, -0.1) is 0 Å². The molecule has 0 aliphatic rings. The lowest BCUT2D eigenvalue weighted by atomic mass is 10.0. The smallest absolute Gasteiger partial charge is 0.196 e. The van der Waals surface area contributed by atoms with Crippen molar-refractivity contribution in [3.05, 3.63) is 65.9 Å². The van der Waals surface area contributed by atoms with Crippen LogP contribution in [0.3, 0.4) is 0 Å². The van der Waals surface area contributed by atoms with Crippen LogP contribution >= 0.6 is 0 Å². The van der Waals surface area contributed by atoms with Gasteiger partial charge in [0.1, 0.15) is 6.33 Å². The van der Waals surface area contributed by atoms with Crippen LogP contribution in [0.1, 0.15) is 21.6 Å². The van der Waals surface area contributed by atoms with Crippen LogP contribution in [0.5, 0.6) is 0 Å². The van der Waals surface area contributed by atoms with Crippen molar-refractivity contribution >= 4 is 16.7 Å². The van der Waals surface area contributed by atoms with E-state index in [2.05, 4.69) is 15.0 Å². The Kier molecular flexibility index (Phi) is 2.76. The van der Waals surface area contributed by atoms with Crippen molar-refractivity contribution in [2.75, 3.05) is 0 Å². The zero-order chi connectivity index (χ0) is 13.2. The first-order valence-corrected chi connectivity index (χ1v) is 5.91. The third-order valence-electron chi connectivity index (χ3n) is 2.91. The zero-order valence-corrected chi connectivity index (χ0v) is 10.4. The van der Waals surface area contributed by atoms with Crippen molar-refractivity contribution in [3.63, 3.8) is 0 Å². The Hall–Kier alpha value is -2.62. The lowest BCUT2D eigenvalue weighted by Crippen LogP contribution is -2.02. The predicted molar refractivity (Wildman–Crippen MR) is 71.9 cm³/mol. The first kappa shape index (κ1) is 11.5. The van der Waals surface area contributed by atoms with Crippen molar-refractivity contribution in [3.8, 4) is 0 Å². The molecule has 2 heterocycles. The number of pyridine rings is 1. The van der Waals surface area contributed by atoms with Gasteiger partial charge in [0.25, 0.3) is 0 Å². The van der Waals surface area contributed by atoms with Crippen molar-refractivity contribution in [2.24, 2.45) is 0 Å². The molecule has 0 saturated carbocycles. The average molecular weight is 249 g/mol. The number of nitrogens with zero attached hydrogens (tertiary/aromatic N) is 3. The van der Waals surface area contributed by atoms with Crippen molar-refractivity contribution in [1.82, 2.24) is 15.0 Å². The summed E-state index contributed by atoms with van der Waals surface area (Å²) in [5, 5.41) is 0.952. The molecule has 2 aromatic heterocycles. The molecule has 0 saturated heterocycles. The first-order valence-electron chi connectivity index (χ1n) is 5.91. The topological polar surface area (TPSA) is 55.7 Å². The molecule has 0 N–H and O–H groups in total. The summed E-state index contributed by atoms with van der Waals surface area (Å²) in [5.74, 6) is -0.0805. The van der Waals surface area contributed by atoms with E-state index < -0.39 is 0 Å². The zero-order valence-electron chi connectivity index (χ0n) is 10.4. The fraction of sp³-hybridized carbons (Fsp3) is 0.0667. The van der Waals surface area contributed by atoms with E-state index in [4.69, 9.17) is 0 Å². The van der Waals surface area contributed by atoms with Gasteiger partial charge in [-0.1, -0.05) is 6.07 Å². The van der Waals surface area contributed by atoms with Gasteiger partial charge in [0, 0.05) is 29.0 Å². The van der Waals surface area contributed by atoms with Crippen LogP contribution in [0.4, 0.5) is 0 Å². The van der Waals surface area contributed by atoms with Crippen LogP contribution in [0.15, 0.2) is 49.1 Å². The van der Waals surface area contributed by atoms with Gasteiger partial charge < -0.3 is 0 Å². The summed E-state index contributed by atoms with van der Waals surface area (Å²) in [7, 11) is 0. The Morgan fingerprint density at radius 3 is 2.58 bits per heavy atom. The molecule has 92 valence electrons. The van der Waals surface area contributed by atoms with E-state index >= 15 is 0 Å². The van der Waals surface area contributed by atoms with Gasteiger partial charge in [-0.05, 0) is 31.2 Å². The largest absolute Gasteiger partial charge is 0.288 e. The van der Waals surface area contributed by atoms with Gasteiger partial charge in [0.15, 0.2) is 5.78 Å². The van der Waals surface area contributed by atoms with E-state index in [1.807, 2.05) is 31.2 Å². The maximum atomic E-state index is 12.3. The second kappa shape index (κ2) is 4.57. The molecule has 0 amide bonds. The standard InChI is InChI=1S/C15H11N3O/c1-10-2-3-11-6-12(4-5-14(11)18-10)15(19)13-7-16-9-17-8-13/h2-9H,1H3. The molecule has 19 heavy (non-hydrogen) atoms. The van der Waals surface area contributed by atoms with Gasteiger partial charge in [0.05, 0.1) is 11.1 Å². The van der Waals surface area contributed by atoms with Crippen LogP contribution in [0.2, 0.25) is 0 Å². The number of aromatic nitrogens is 3. The molecule has 0 unspecified atom stereocenters. The van der Waals surface area contributed by atoms with Crippen LogP contribution < -0.4 is 0 Å². The molecular weight excluding hydrogens is 238 g/mol. The third kappa shape index (κ3) is 2.20. The predicted octanol–water partition coefficient (Wildman–Crippen LogP) is 2.56. The summed E-state index contributed by atoms with van der Waals surface area (Å²) in [6, 6.07) is 9.39. The first-order chi connectivity index (χ1) is 9.24. The molecule has 0 bridgehead atoms. The number of ketones is 1. The maximum Gasteiger partial charge on any atom is 0.196 e. The van der Waals surface area contributed by atoms with Crippen LogP contribution in [0, 0.1) is 6.92 Å². The summed E-state index contributed by atoms with van der Waals surface area (Å²) in [6.45, 7) is 1.94. The molecule has 0 atom stereocenters. The average Bonchev–Trinajstić information content (AvgIpc) is 2.47. The van der Waals surface area contributed by atoms with E-state index in [0.29, 0.717) is 11.1 Å². The number of aryl methyl sites for hydroxylation is 1. The molecule has 0 aliphatic heterocycles. The van der Waals surface area contributed by atoms with E-state index in [0.717, 1.165) is 16.6 Å². The van der Waals surface area contributed by atoms with Crippen molar-refractivity contribution in [1.29, 1.82) is 0 Å². The van der Waals surface area contributed by atoms with E-state index in [1.165, 1.54) is 18.7 Å². The van der Waals surface area contributed by atoms with Gasteiger partial charge in [-0.2, -0.15) is 0 Å². The number of hydrogen-bond acceptors (Lipinski definition) is 4. The van der Waals surface area contributed by atoms with Gasteiger partial charge in [-0.3, -0.25) is 9.78 Å². The van der Waals surface area contributed by atoms with E-state index in [-0.39, 0.29) is 5.78 Å². The number of carbonyl (C=O) groups excluding carboxylic acids is 1. The molecule has 0 fully saturated rings. The molecule has 1 aromatic carbocycles. The highest BCUT2D eigenvalue weighted by Gasteiger charge is 2.10. The summed E-state index contributed by atoms with van der Waals surface area (Å²) < 4.78 is 0. The molecule has 0 spiro atoms. The van der Waals surface area contributed by atoms with Gasteiger partial charge >= 0.3 is 0 Å². The van der Waals surface area contributed by atoms with Gasteiger partial charge in [0.2, 0.25) is 0 Å². The second-order valence-electron chi connectivity index (χ2n) is 4.32. The Bertz CT molecular complexity index is 754. The van der Waals surface area contributed by atoms with Crippen molar-refractivity contribution < 1.29 is 4.79 Å². The highest BCUT2D eigenvalue weighted by molar-refractivity contribution is 6.10. The lowest BCUT2D eigenvalue weighted by molar-refractivity contribution is 0.103. The summed E-state index contributed by atoms with van der Waals surface area (Å²) in [5.41, 5.74) is 2.96. The van der Waals surface area contributed by atoms with Crippen LogP contribution in [-0.2, 0) is 0 Å². The van der Waals surface area contributed by atoms with Crippen molar-refractivity contribution in [2.45, 2.75) is 6.92 Å². The number of benzene rings is 1. The highest BCUT2D eigenvalue weighted by atomic mass is 16.1. The fourth-order valence-electron chi connectivity index (χ4n) is 1.95. The lowest BCUT2D eigenvalue weighted by Gasteiger charge is -2.03. The summed E-state index contributed by atoms with van der Waals surface area (Å²) >= 11 is 0. The Labute approximate surface area is 110 Å². The van der Waals surface area contributed by atoms with Crippen LogP contribution in [0.25, 0.3) is 10.9 Å². The maximum absolute atomic E-state index is 12.3. The van der Waals surface area contributed by atoms with Gasteiger partial charge in [-0.25, -0.2) is 9.97 Å². The summed E-state index contributed by atoms with van der Waals surface area (Å²) in [6.07, 6.45) is 4.45. The Morgan fingerprint density at radius 2 is 1.79 bits per heavy atom. The Balaban J connectivity index is 2.07.